The normalized spacial score (nSPS) is 31.1. The molecule has 0 saturated heterocycles. The first-order valence-electron chi connectivity index (χ1n) is 10.4. The second-order valence-electron chi connectivity index (χ2n) is 9.26. The van der Waals surface area contributed by atoms with Crippen molar-refractivity contribution >= 4 is 17.8 Å². The lowest BCUT2D eigenvalue weighted by atomic mass is 9.49. The zero-order chi connectivity index (χ0) is 20.3. The molecular formula is C21H31N3O4. The number of esters is 1. The van der Waals surface area contributed by atoms with Crippen molar-refractivity contribution in [2.45, 2.75) is 64.8 Å². The van der Waals surface area contributed by atoms with Gasteiger partial charge in [0, 0.05) is 12.0 Å². The van der Waals surface area contributed by atoms with E-state index in [9.17, 15) is 14.4 Å². The third-order valence-corrected chi connectivity index (χ3v) is 6.63. The maximum Gasteiger partial charge on any atom is 0.329 e. The van der Waals surface area contributed by atoms with Gasteiger partial charge in [0.2, 0.25) is 5.91 Å². The SMILES string of the molecule is CC(C)[C@@H](NC(=O)C12CC3CC(CC(C3)C1)C2)C(=O)OCC(=O)NCCC#N. The average Bonchev–Trinajstić information content (AvgIpc) is 2.62. The summed E-state index contributed by atoms with van der Waals surface area (Å²) in [4.78, 5) is 37.4. The molecule has 154 valence electrons. The zero-order valence-electron chi connectivity index (χ0n) is 16.8. The lowest BCUT2D eigenvalue weighted by molar-refractivity contribution is -0.157. The third-order valence-electron chi connectivity index (χ3n) is 6.63. The number of carbonyl (C=O) groups is 3. The van der Waals surface area contributed by atoms with E-state index in [1.807, 2.05) is 19.9 Å². The van der Waals surface area contributed by atoms with E-state index in [0.29, 0.717) is 17.8 Å². The summed E-state index contributed by atoms with van der Waals surface area (Å²) in [6.07, 6.45) is 6.77. The van der Waals surface area contributed by atoms with Gasteiger partial charge >= 0.3 is 5.97 Å². The minimum absolute atomic E-state index is 0.0132. The van der Waals surface area contributed by atoms with Gasteiger partial charge in [-0.15, -0.1) is 0 Å². The Morgan fingerprint density at radius 3 is 2.18 bits per heavy atom. The average molecular weight is 389 g/mol. The van der Waals surface area contributed by atoms with E-state index in [2.05, 4.69) is 10.6 Å². The quantitative estimate of drug-likeness (QED) is 0.487. The van der Waals surface area contributed by atoms with Gasteiger partial charge in [-0.1, -0.05) is 13.8 Å². The van der Waals surface area contributed by atoms with E-state index in [4.69, 9.17) is 10.00 Å². The summed E-state index contributed by atoms with van der Waals surface area (Å²) < 4.78 is 5.13. The summed E-state index contributed by atoms with van der Waals surface area (Å²) in [5.41, 5.74) is -0.323. The molecule has 0 spiro atoms. The van der Waals surface area contributed by atoms with Crippen LogP contribution in [0.25, 0.3) is 0 Å². The van der Waals surface area contributed by atoms with Crippen LogP contribution in [0.2, 0.25) is 0 Å². The van der Waals surface area contributed by atoms with Crippen LogP contribution in [-0.2, 0) is 19.1 Å². The minimum atomic E-state index is -0.757. The molecule has 4 fully saturated rings. The van der Waals surface area contributed by atoms with Crippen molar-refractivity contribution in [1.29, 1.82) is 5.26 Å². The van der Waals surface area contributed by atoms with Crippen LogP contribution < -0.4 is 10.6 Å². The molecule has 2 N–H and O–H groups in total. The molecule has 4 rings (SSSR count). The molecular weight excluding hydrogens is 358 g/mol. The van der Waals surface area contributed by atoms with E-state index >= 15 is 0 Å². The maximum absolute atomic E-state index is 13.2. The molecule has 28 heavy (non-hydrogen) atoms. The highest BCUT2D eigenvalue weighted by Gasteiger charge is 2.55. The fraction of sp³-hybridized carbons (Fsp3) is 0.810. The molecule has 0 radical (unpaired) electrons. The van der Waals surface area contributed by atoms with Gasteiger partial charge in [-0.3, -0.25) is 9.59 Å². The zero-order valence-corrected chi connectivity index (χ0v) is 16.8. The summed E-state index contributed by atoms with van der Waals surface area (Å²) in [7, 11) is 0. The largest absolute Gasteiger partial charge is 0.454 e. The van der Waals surface area contributed by atoms with E-state index in [-0.39, 0.29) is 30.2 Å². The Labute approximate surface area is 166 Å². The summed E-state index contributed by atoms with van der Waals surface area (Å²) in [5, 5.41) is 13.9. The molecule has 7 nitrogen and oxygen atoms in total. The summed E-state index contributed by atoms with van der Waals surface area (Å²) >= 11 is 0. The molecule has 0 aromatic rings. The van der Waals surface area contributed by atoms with Crippen LogP contribution in [-0.4, -0.2) is 37.0 Å². The highest BCUT2D eigenvalue weighted by molar-refractivity contribution is 5.89. The lowest BCUT2D eigenvalue weighted by Gasteiger charge is -2.55. The number of nitriles is 1. The van der Waals surface area contributed by atoms with Crippen LogP contribution in [0.3, 0.4) is 0 Å². The summed E-state index contributed by atoms with van der Waals surface area (Å²) in [5.74, 6) is 0.783. The van der Waals surface area contributed by atoms with Gasteiger partial charge in [0.15, 0.2) is 6.61 Å². The molecule has 0 aromatic heterocycles. The van der Waals surface area contributed by atoms with Crippen molar-refractivity contribution < 1.29 is 19.1 Å². The standard InChI is InChI=1S/C21H31N3O4/c1-13(2)18(19(26)28-12-17(25)23-5-3-4-22)24-20(27)21-9-14-6-15(10-21)8-16(7-14)11-21/h13-16,18H,3,5-12H2,1-2H3,(H,23,25)(H,24,27)/t14?,15?,16?,18-,21?/m1/s1. The topological polar surface area (TPSA) is 108 Å². The van der Waals surface area contributed by atoms with Gasteiger partial charge < -0.3 is 15.4 Å². The van der Waals surface area contributed by atoms with Crippen molar-refractivity contribution in [3.8, 4) is 6.07 Å². The smallest absolute Gasteiger partial charge is 0.329 e. The Kier molecular flexibility index (Phi) is 6.26. The van der Waals surface area contributed by atoms with E-state index in [0.717, 1.165) is 19.3 Å². The Hall–Kier alpha value is -2.10. The van der Waals surface area contributed by atoms with E-state index in [1.165, 1.54) is 19.3 Å². The van der Waals surface area contributed by atoms with E-state index in [1.54, 1.807) is 0 Å². The van der Waals surface area contributed by atoms with Crippen LogP contribution in [0.4, 0.5) is 0 Å². The Bertz CT molecular complexity index is 632. The molecule has 0 unspecified atom stereocenters. The van der Waals surface area contributed by atoms with Crippen LogP contribution >= 0.6 is 0 Å². The molecule has 4 bridgehead atoms. The van der Waals surface area contributed by atoms with Crippen LogP contribution in [0.1, 0.15) is 58.8 Å². The van der Waals surface area contributed by atoms with Gasteiger partial charge in [0.1, 0.15) is 6.04 Å². The second kappa shape index (κ2) is 8.50. The Morgan fingerprint density at radius 2 is 1.68 bits per heavy atom. The number of nitrogens with one attached hydrogen (secondary N) is 2. The monoisotopic (exact) mass is 389 g/mol. The second-order valence-corrected chi connectivity index (χ2v) is 9.26. The molecule has 4 saturated carbocycles. The van der Waals surface area contributed by atoms with Crippen molar-refractivity contribution in [1.82, 2.24) is 10.6 Å². The van der Waals surface area contributed by atoms with Gasteiger partial charge in [-0.25, -0.2) is 4.79 Å². The maximum atomic E-state index is 13.2. The molecule has 4 aliphatic rings. The van der Waals surface area contributed by atoms with Gasteiger partial charge in [0.05, 0.1) is 12.5 Å². The molecule has 7 heteroatoms. The fourth-order valence-corrected chi connectivity index (χ4v) is 5.72. The summed E-state index contributed by atoms with van der Waals surface area (Å²) in [6.45, 7) is 3.54. The van der Waals surface area contributed by atoms with Crippen molar-refractivity contribution in [3.05, 3.63) is 0 Å². The van der Waals surface area contributed by atoms with Crippen LogP contribution in [0.5, 0.6) is 0 Å². The van der Waals surface area contributed by atoms with Gasteiger partial charge in [-0.2, -0.15) is 5.26 Å². The first kappa shape index (κ1) is 20.6. The summed E-state index contributed by atoms with van der Waals surface area (Å²) in [6, 6.07) is 1.17. The lowest BCUT2D eigenvalue weighted by Crippen LogP contribution is -2.57. The van der Waals surface area contributed by atoms with E-state index < -0.39 is 24.5 Å². The predicted molar refractivity (Wildman–Crippen MR) is 102 cm³/mol. The molecule has 0 aliphatic heterocycles. The van der Waals surface area contributed by atoms with Crippen LogP contribution in [0.15, 0.2) is 0 Å². The third kappa shape index (κ3) is 4.48. The highest BCUT2D eigenvalue weighted by Crippen LogP contribution is 2.60. The van der Waals surface area contributed by atoms with Crippen LogP contribution in [0, 0.1) is 40.4 Å². The molecule has 2 amide bonds. The molecule has 0 heterocycles. The number of amides is 2. The van der Waals surface area contributed by atoms with Gasteiger partial charge in [0.25, 0.3) is 5.91 Å². The van der Waals surface area contributed by atoms with Gasteiger partial charge in [-0.05, 0) is 62.2 Å². The first-order valence-corrected chi connectivity index (χ1v) is 10.4. The predicted octanol–water partition coefficient (Wildman–Crippen LogP) is 1.92. The molecule has 4 aliphatic carbocycles. The fourth-order valence-electron chi connectivity index (χ4n) is 5.72. The Morgan fingerprint density at radius 1 is 1.11 bits per heavy atom. The molecule has 1 atom stereocenters. The number of nitrogens with zero attached hydrogens (tertiary/aromatic N) is 1. The minimum Gasteiger partial charge on any atom is -0.454 e. The van der Waals surface area contributed by atoms with Crippen molar-refractivity contribution in [2.75, 3.05) is 13.2 Å². The molecule has 0 aromatic carbocycles. The number of carbonyl (C=O) groups excluding carboxylic acids is 3. The number of hydrogen-bond donors (Lipinski definition) is 2. The first-order chi connectivity index (χ1) is 13.3. The number of hydrogen-bond acceptors (Lipinski definition) is 5. The number of rotatable bonds is 8. The number of ether oxygens (including phenoxy) is 1. The van der Waals surface area contributed by atoms with Crippen molar-refractivity contribution in [3.63, 3.8) is 0 Å². The Balaban J connectivity index is 1.55. The van der Waals surface area contributed by atoms with Crippen molar-refractivity contribution in [2.24, 2.45) is 29.1 Å². The highest BCUT2D eigenvalue weighted by atomic mass is 16.5.